The first-order valence-corrected chi connectivity index (χ1v) is 12.5. The fraction of sp³-hybridized carbons (Fsp3) is 0.300. The summed E-state index contributed by atoms with van der Waals surface area (Å²) in [4.78, 5) is 18.9. The van der Waals surface area contributed by atoms with E-state index in [1.165, 1.54) is 11.8 Å². The second-order valence-electron chi connectivity index (χ2n) is 6.96. The summed E-state index contributed by atoms with van der Waals surface area (Å²) in [5, 5.41) is 0.451. The van der Waals surface area contributed by atoms with Gasteiger partial charge in [-0.15, -0.1) is 0 Å². The van der Waals surface area contributed by atoms with Gasteiger partial charge < -0.3 is 9.64 Å². The number of hydrogen-bond donors (Lipinski definition) is 0. The van der Waals surface area contributed by atoms with E-state index < -0.39 is 9.84 Å². The van der Waals surface area contributed by atoms with E-state index in [9.17, 15) is 13.2 Å². The highest BCUT2D eigenvalue weighted by Crippen LogP contribution is 2.41. The van der Waals surface area contributed by atoms with Crippen LogP contribution in [0.4, 0.5) is 5.69 Å². The van der Waals surface area contributed by atoms with Gasteiger partial charge in [0.15, 0.2) is 15.0 Å². The van der Waals surface area contributed by atoms with Crippen molar-refractivity contribution in [1.82, 2.24) is 0 Å². The third-order valence-corrected chi connectivity index (χ3v) is 8.64. The van der Waals surface area contributed by atoms with Crippen molar-refractivity contribution in [1.29, 1.82) is 0 Å². The lowest BCUT2D eigenvalue weighted by Crippen LogP contribution is -2.37. The fourth-order valence-electron chi connectivity index (χ4n) is 3.53. The van der Waals surface area contributed by atoms with E-state index in [4.69, 9.17) is 4.74 Å². The summed E-state index contributed by atoms with van der Waals surface area (Å²) in [6.45, 7) is 0. The number of ether oxygens (including phenoxy) is 1. The molecular formula is C20H19BrN2O4S2. The summed E-state index contributed by atoms with van der Waals surface area (Å²) >= 11 is 4.80. The molecule has 4 rings (SSSR count). The summed E-state index contributed by atoms with van der Waals surface area (Å²) in [7, 11) is -1.49. The fourth-order valence-corrected chi connectivity index (χ4v) is 7.73. The van der Waals surface area contributed by atoms with Gasteiger partial charge in [-0.25, -0.2) is 8.42 Å². The Hall–Kier alpha value is -1.84. The molecule has 0 bridgehead atoms. The number of anilines is 1. The van der Waals surface area contributed by atoms with Crippen LogP contribution in [0.2, 0.25) is 0 Å². The Kier molecular flexibility index (Phi) is 5.72. The number of carbonyl (C=O) groups excluding carboxylic acids is 1. The van der Waals surface area contributed by atoms with Crippen molar-refractivity contribution >= 4 is 54.3 Å². The summed E-state index contributed by atoms with van der Waals surface area (Å²) in [6.07, 6.45) is 0.176. The Balaban J connectivity index is 1.60. The molecule has 0 aromatic heterocycles. The van der Waals surface area contributed by atoms with Crippen LogP contribution in [0.1, 0.15) is 5.56 Å². The standard InChI is InChI=1S/C20H19BrN2O4S2/c1-27-16-8-2-13(3-9-16)10-19(24)22-20-23(15-6-4-14(21)5-7-15)17-11-29(25,26)12-18(17)28-20/h2-9,17-18H,10-12H2,1H3/t17-,18-/m0/s1. The monoisotopic (exact) mass is 494 g/mol. The molecule has 2 fully saturated rings. The first-order chi connectivity index (χ1) is 13.8. The SMILES string of the molecule is COc1ccc(CC(=O)N=C2S[C@H]3CS(=O)(=O)C[C@@H]3N2c2ccc(Br)cc2)cc1. The highest BCUT2D eigenvalue weighted by molar-refractivity contribution is 9.10. The quantitative estimate of drug-likeness (QED) is 0.648. The average Bonchev–Trinajstić information content (AvgIpc) is 3.14. The molecule has 29 heavy (non-hydrogen) atoms. The van der Waals surface area contributed by atoms with Crippen molar-refractivity contribution in [3.8, 4) is 5.75 Å². The van der Waals surface area contributed by atoms with Gasteiger partial charge in [-0.05, 0) is 42.0 Å². The summed E-state index contributed by atoms with van der Waals surface area (Å²) in [6, 6.07) is 14.7. The van der Waals surface area contributed by atoms with Gasteiger partial charge >= 0.3 is 0 Å². The minimum atomic E-state index is -3.09. The van der Waals surface area contributed by atoms with Crippen LogP contribution in [0.5, 0.6) is 5.75 Å². The Morgan fingerprint density at radius 2 is 1.86 bits per heavy atom. The summed E-state index contributed by atoms with van der Waals surface area (Å²) < 4.78 is 30.3. The zero-order valence-electron chi connectivity index (χ0n) is 15.6. The number of rotatable bonds is 4. The topological polar surface area (TPSA) is 76.0 Å². The van der Waals surface area contributed by atoms with Gasteiger partial charge in [-0.3, -0.25) is 4.79 Å². The summed E-state index contributed by atoms with van der Waals surface area (Å²) in [5.41, 5.74) is 1.68. The van der Waals surface area contributed by atoms with E-state index >= 15 is 0 Å². The van der Waals surface area contributed by atoms with Crippen LogP contribution in [-0.4, -0.2) is 49.4 Å². The zero-order valence-corrected chi connectivity index (χ0v) is 18.8. The van der Waals surface area contributed by atoms with Crippen LogP contribution < -0.4 is 9.64 Å². The zero-order chi connectivity index (χ0) is 20.6. The Morgan fingerprint density at radius 1 is 1.17 bits per heavy atom. The van der Waals surface area contributed by atoms with Crippen LogP contribution in [0.3, 0.4) is 0 Å². The lowest BCUT2D eigenvalue weighted by atomic mass is 10.1. The summed E-state index contributed by atoms with van der Waals surface area (Å²) in [5.74, 6) is 0.657. The molecule has 0 aliphatic carbocycles. The van der Waals surface area contributed by atoms with Crippen molar-refractivity contribution in [3.63, 3.8) is 0 Å². The van der Waals surface area contributed by atoms with Gasteiger partial charge in [0.2, 0.25) is 0 Å². The van der Waals surface area contributed by atoms with Crippen molar-refractivity contribution in [2.45, 2.75) is 17.7 Å². The molecule has 2 aromatic carbocycles. The first kappa shape index (κ1) is 20.4. The molecule has 0 radical (unpaired) electrons. The van der Waals surface area contributed by atoms with Gasteiger partial charge in [0.05, 0.1) is 31.1 Å². The van der Waals surface area contributed by atoms with Gasteiger partial charge in [0.25, 0.3) is 5.91 Å². The molecule has 0 N–H and O–H groups in total. The van der Waals surface area contributed by atoms with E-state index in [0.717, 1.165) is 21.5 Å². The molecule has 6 nitrogen and oxygen atoms in total. The molecule has 152 valence electrons. The molecule has 1 amide bonds. The van der Waals surface area contributed by atoms with Crippen LogP contribution in [0, 0.1) is 0 Å². The maximum Gasteiger partial charge on any atom is 0.252 e. The van der Waals surface area contributed by atoms with Gasteiger partial charge in [-0.1, -0.05) is 39.8 Å². The third-order valence-electron chi connectivity index (χ3n) is 4.91. The van der Waals surface area contributed by atoms with Gasteiger partial charge in [0.1, 0.15) is 5.75 Å². The Labute approximate surface area is 182 Å². The Morgan fingerprint density at radius 3 is 2.52 bits per heavy atom. The van der Waals surface area contributed by atoms with Crippen molar-refractivity contribution in [3.05, 3.63) is 58.6 Å². The smallest absolute Gasteiger partial charge is 0.252 e. The van der Waals surface area contributed by atoms with Crippen LogP contribution >= 0.6 is 27.7 Å². The predicted octanol–water partition coefficient (Wildman–Crippen LogP) is 3.30. The molecular weight excluding hydrogens is 476 g/mol. The lowest BCUT2D eigenvalue weighted by molar-refractivity contribution is -0.117. The largest absolute Gasteiger partial charge is 0.497 e. The highest BCUT2D eigenvalue weighted by atomic mass is 79.9. The number of fused-ring (bicyclic) bond motifs is 1. The van der Waals surface area contributed by atoms with Crippen molar-refractivity contribution < 1.29 is 17.9 Å². The molecule has 0 spiro atoms. The van der Waals surface area contributed by atoms with E-state index in [0.29, 0.717) is 5.17 Å². The maximum atomic E-state index is 12.6. The number of nitrogens with zero attached hydrogens (tertiary/aromatic N) is 2. The number of methoxy groups -OCH3 is 1. The number of aliphatic imine (C=N–C) groups is 1. The second kappa shape index (κ2) is 8.12. The molecule has 2 aliphatic heterocycles. The molecule has 2 atom stereocenters. The normalized spacial score (nSPS) is 23.9. The highest BCUT2D eigenvalue weighted by Gasteiger charge is 2.49. The predicted molar refractivity (Wildman–Crippen MR) is 120 cm³/mol. The number of amidine groups is 1. The number of sulfone groups is 1. The first-order valence-electron chi connectivity index (χ1n) is 9.01. The van der Waals surface area contributed by atoms with Crippen LogP contribution in [0.15, 0.2) is 58.0 Å². The molecule has 0 unspecified atom stereocenters. The third kappa shape index (κ3) is 4.51. The van der Waals surface area contributed by atoms with Gasteiger partial charge in [-0.2, -0.15) is 4.99 Å². The van der Waals surface area contributed by atoms with Crippen LogP contribution in [0.25, 0.3) is 0 Å². The maximum absolute atomic E-state index is 12.6. The van der Waals surface area contributed by atoms with E-state index in [1.807, 2.05) is 53.4 Å². The molecule has 2 saturated heterocycles. The van der Waals surface area contributed by atoms with E-state index in [-0.39, 0.29) is 35.1 Å². The van der Waals surface area contributed by atoms with Crippen LogP contribution in [-0.2, 0) is 21.1 Å². The lowest BCUT2D eigenvalue weighted by Gasteiger charge is -2.24. The molecule has 2 aromatic rings. The molecule has 2 heterocycles. The minimum Gasteiger partial charge on any atom is -0.497 e. The van der Waals surface area contributed by atoms with Crippen molar-refractivity contribution in [2.75, 3.05) is 23.5 Å². The molecule has 2 aliphatic rings. The number of benzene rings is 2. The minimum absolute atomic E-state index is 0.0758. The number of halogens is 1. The molecule has 0 saturated carbocycles. The number of thioether (sulfide) groups is 1. The van der Waals surface area contributed by atoms with E-state index in [1.54, 1.807) is 7.11 Å². The number of hydrogen-bond acceptors (Lipinski definition) is 5. The van der Waals surface area contributed by atoms with Gasteiger partial charge in [0, 0.05) is 15.4 Å². The second-order valence-corrected chi connectivity index (χ2v) is 11.2. The van der Waals surface area contributed by atoms with E-state index in [2.05, 4.69) is 20.9 Å². The number of amides is 1. The number of carbonyl (C=O) groups is 1. The van der Waals surface area contributed by atoms with Crippen molar-refractivity contribution in [2.24, 2.45) is 4.99 Å². The Bertz CT molecular complexity index is 1050. The molecule has 9 heteroatoms. The average molecular weight is 495 g/mol.